The highest BCUT2D eigenvalue weighted by atomic mass is 33.1. The maximum absolute atomic E-state index is 14.3. The van der Waals surface area contributed by atoms with E-state index in [1.54, 1.807) is 58.0 Å². The number of nitrogens with one attached hydrogen (secondary N) is 4. The molecule has 2 heterocycles. The van der Waals surface area contributed by atoms with Crippen molar-refractivity contribution in [2.24, 2.45) is 23.5 Å². The summed E-state index contributed by atoms with van der Waals surface area (Å²) >= 11 is 1.14. The minimum Gasteiger partial charge on any atom is -0.455 e. The van der Waals surface area contributed by atoms with Crippen molar-refractivity contribution in [3.8, 4) is 0 Å². The maximum atomic E-state index is 14.3. The monoisotopic (exact) mass is 1060 g/mol. The second-order valence-corrected chi connectivity index (χ2v) is 23.1. The number of carbonyl (C=O) groups is 6. The fourth-order valence-electron chi connectivity index (χ4n) is 8.75. The van der Waals surface area contributed by atoms with E-state index >= 15 is 0 Å². The smallest absolute Gasteiger partial charge is 0.426 e. The molecule has 5 amide bonds. The molecule has 1 fully saturated rings. The Morgan fingerprint density at radius 1 is 0.903 bits per heavy atom. The van der Waals surface area contributed by atoms with Crippen LogP contribution in [-0.4, -0.2) is 120 Å². The van der Waals surface area contributed by atoms with Crippen LogP contribution < -0.4 is 27.2 Å². The molecule has 2 aromatic rings. The normalized spacial score (nSPS) is 16.4. The van der Waals surface area contributed by atoms with E-state index in [0.717, 1.165) is 67.8 Å². The first kappa shape index (κ1) is 62.3. The van der Waals surface area contributed by atoms with Gasteiger partial charge in [0.1, 0.15) is 29.2 Å². The lowest BCUT2D eigenvalue weighted by molar-refractivity contribution is -0.149. The molecular weight excluding hydrogens is 980 g/mol. The molecule has 1 aliphatic rings. The van der Waals surface area contributed by atoms with Crippen molar-refractivity contribution >= 4 is 68.6 Å². The molecule has 3 unspecified atom stereocenters. The van der Waals surface area contributed by atoms with Crippen LogP contribution in [0, 0.1) is 23.6 Å². The van der Waals surface area contributed by atoms with Crippen LogP contribution in [0.4, 0.5) is 9.18 Å². The molecule has 406 valence electrons. The summed E-state index contributed by atoms with van der Waals surface area (Å²) in [5.41, 5.74) is 11.1. The van der Waals surface area contributed by atoms with E-state index in [2.05, 4.69) is 26.5 Å². The third-order valence-corrected chi connectivity index (χ3v) is 16.7. The van der Waals surface area contributed by atoms with Crippen LogP contribution >= 0.6 is 32.9 Å². The van der Waals surface area contributed by atoms with Crippen molar-refractivity contribution in [2.45, 2.75) is 175 Å². The Hall–Kier alpha value is -3.98. The number of hydrogen-bond donors (Lipinski definition) is 5. The molecule has 0 radical (unpaired) electrons. The Bertz CT molecular complexity index is 1950. The standard InChI is InChI=1S/C52H85FN8O8S3/c1-9-36(4)46(57-49(65)43-21-17-19-27-60(43)7)51(66)61(8)44(35(2)3)33-45(69-38(6)62)50-56-42(34-70-50)48(64)55-41(32-39-22-24-40(53)25-23-39)31-37(5)47(63)58-59-52(67)68-28-30-72-71-29-20-16-14-12-10-11-13-15-18-26-54/h22-25,34-37,41,43-46H,9-21,26-33,54H2,1-8H3,(H,55,64)(H,57,65)(H,58,63)(H,59,67)/t36-,37-,41?,43?,44+,45+,46?/m0/s1. The Balaban J connectivity index is 1.59. The minimum absolute atomic E-state index is 0.0583. The number of piperidine rings is 1. The van der Waals surface area contributed by atoms with Gasteiger partial charge in [-0.2, -0.15) is 0 Å². The molecule has 3 rings (SSSR count). The number of hydrogen-bond acceptors (Lipinski definition) is 14. The van der Waals surface area contributed by atoms with Crippen LogP contribution in [0.15, 0.2) is 29.6 Å². The van der Waals surface area contributed by atoms with Crippen molar-refractivity contribution < 1.29 is 42.6 Å². The zero-order chi connectivity index (χ0) is 53.0. The first-order chi connectivity index (χ1) is 34.4. The van der Waals surface area contributed by atoms with Crippen molar-refractivity contribution in [2.75, 3.05) is 45.3 Å². The summed E-state index contributed by atoms with van der Waals surface area (Å²) in [7, 11) is 7.04. The van der Waals surface area contributed by atoms with E-state index in [-0.39, 0.29) is 61.3 Å². The molecule has 7 atom stereocenters. The van der Waals surface area contributed by atoms with Crippen LogP contribution in [-0.2, 0) is 35.1 Å². The minimum atomic E-state index is -0.906. The van der Waals surface area contributed by atoms with Gasteiger partial charge in [0.25, 0.3) is 5.91 Å². The first-order valence-corrected chi connectivity index (χ1v) is 29.4. The summed E-state index contributed by atoms with van der Waals surface area (Å²) in [6.45, 7) is 12.6. The van der Waals surface area contributed by atoms with Gasteiger partial charge in [-0.25, -0.2) is 19.6 Å². The SMILES string of the molecule is CC[C@H](C)C(NC(=O)C1CCCCN1C)C(=O)N(C)[C@H](C[C@@H](OC(C)=O)c1nc(C(=O)NC(Cc2ccc(F)cc2)C[C@H](C)C(=O)NNC(=O)OCCSSCCCCCCCCCCCN)cs1)C(C)C. The van der Waals surface area contributed by atoms with Crippen molar-refractivity contribution in [3.63, 3.8) is 0 Å². The second kappa shape index (κ2) is 34.5. The highest BCUT2D eigenvalue weighted by Crippen LogP contribution is 2.31. The number of nitrogens with two attached hydrogens (primary N) is 1. The molecule has 72 heavy (non-hydrogen) atoms. The number of hydrazine groups is 1. The van der Waals surface area contributed by atoms with Gasteiger partial charge in [0.15, 0.2) is 6.10 Å². The van der Waals surface area contributed by atoms with Gasteiger partial charge in [-0.1, -0.05) is 126 Å². The highest BCUT2D eigenvalue weighted by Gasteiger charge is 2.37. The zero-order valence-corrected chi connectivity index (χ0v) is 46.6. The number of esters is 1. The van der Waals surface area contributed by atoms with Crippen LogP contribution in [0.25, 0.3) is 0 Å². The molecule has 1 aromatic carbocycles. The molecular formula is C52H85FN8O8S3. The van der Waals surface area contributed by atoms with Crippen molar-refractivity contribution in [3.05, 3.63) is 51.7 Å². The molecule has 1 saturated heterocycles. The van der Waals surface area contributed by atoms with E-state index in [1.165, 1.54) is 64.0 Å². The van der Waals surface area contributed by atoms with E-state index in [4.69, 9.17) is 15.2 Å². The summed E-state index contributed by atoms with van der Waals surface area (Å²) in [5.74, 6) is -1.72. The molecule has 0 bridgehead atoms. The molecule has 20 heteroatoms. The van der Waals surface area contributed by atoms with Gasteiger partial charge < -0.3 is 30.7 Å². The Labute approximate surface area is 440 Å². The third kappa shape index (κ3) is 23.1. The summed E-state index contributed by atoms with van der Waals surface area (Å²) in [5, 5.41) is 7.99. The number of unbranched alkanes of at least 4 members (excludes halogenated alkanes) is 8. The lowest BCUT2D eigenvalue weighted by atomic mass is 9.92. The van der Waals surface area contributed by atoms with E-state index < -0.39 is 59.8 Å². The van der Waals surface area contributed by atoms with Gasteiger partial charge in [-0.3, -0.25) is 34.3 Å². The van der Waals surface area contributed by atoms with Gasteiger partial charge in [-0.15, -0.1) is 11.3 Å². The summed E-state index contributed by atoms with van der Waals surface area (Å²) < 4.78 is 24.9. The van der Waals surface area contributed by atoms with E-state index in [1.807, 2.05) is 39.6 Å². The van der Waals surface area contributed by atoms with Crippen LogP contribution in [0.3, 0.4) is 0 Å². The number of amides is 5. The number of ether oxygens (including phenoxy) is 2. The quantitative estimate of drug-likeness (QED) is 0.0196. The number of benzene rings is 1. The highest BCUT2D eigenvalue weighted by molar-refractivity contribution is 8.76. The Morgan fingerprint density at radius 2 is 1.56 bits per heavy atom. The summed E-state index contributed by atoms with van der Waals surface area (Å²) in [6.07, 6.45) is 13.3. The number of rotatable bonds is 33. The van der Waals surface area contributed by atoms with Crippen LogP contribution in [0.2, 0.25) is 0 Å². The average molecular weight is 1070 g/mol. The van der Waals surface area contributed by atoms with Crippen LogP contribution in [0.5, 0.6) is 0 Å². The lowest BCUT2D eigenvalue weighted by Crippen LogP contribution is -2.58. The topological polar surface area (TPSA) is 214 Å². The predicted molar refractivity (Wildman–Crippen MR) is 288 cm³/mol. The molecule has 0 aliphatic carbocycles. The van der Waals surface area contributed by atoms with E-state index in [0.29, 0.717) is 17.2 Å². The molecule has 1 aliphatic heterocycles. The van der Waals surface area contributed by atoms with Crippen molar-refractivity contribution in [1.29, 1.82) is 0 Å². The van der Waals surface area contributed by atoms with Crippen molar-refractivity contribution in [1.82, 2.24) is 36.3 Å². The molecule has 0 saturated carbocycles. The average Bonchev–Trinajstić information content (AvgIpc) is 3.85. The Kier molecular flexibility index (Phi) is 29.9. The van der Waals surface area contributed by atoms with E-state index in [9.17, 15) is 33.2 Å². The number of likely N-dealkylation sites (tertiary alicyclic amines) is 1. The summed E-state index contributed by atoms with van der Waals surface area (Å²) in [6, 6.07) is 3.71. The number of carbonyl (C=O) groups excluding carboxylic acids is 6. The fourth-order valence-corrected chi connectivity index (χ4v) is 11.6. The number of thiazole rings is 1. The van der Waals surface area contributed by atoms with Gasteiger partial charge in [0.05, 0.1) is 6.04 Å². The maximum Gasteiger partial charge on any atom is 0.426 e. The number of halogens is 1. The third-order valence-electron chi connectivity index (χ3n) is 13.3. The van der Waals surface area contributed by atoms with Gasteiger partial charge in [0.2, 0.25) is 17.7 Å². The molecule has 6 N–H and O–H groups in total. The summed E-state index contributed by atoms with van der Waals surface area (Å²) in [4.78, 5) is 88.2. The first-order valence-electron chi connectivity index (χ1n) is 26.1. The largest absolute Gasteiger partial charge is 0.455 e. The fraction of sp³-hybridized carbons (Fsp3) is 0.712. The molecule has 1 aromatic heterocycles. The number of nitrogens with zero attached hydrogens (tertiary/aromatic N) is 3. The predicted octanol–water partition coefficient (Wildman–Crippen LogP) is 8.75. The van der Waals surface area contributed by atoms with Gasteiger partial charge >= 0.3 is 12.1 Å². The number of likely N-dealkylation sites (N-methyl/N-ethyl adjacent to an activating group) is 2. The second-order valence-electron chi connectivity index (χ2n) is 19.5. The molecule has 0 spiro atoms. The zero-order valence-electron chi connectivity index (χ0n) is 44.1. The van der Waals surface area contributed by atoms with Gasteiger partial charge in [-0.05, 0) is 88.2 Å². The number of aromatic nitrogens is 1. The van der Waals surface area contributed by atoms with Gasteiger partial charge in [0, 0.05) is 55.3 Å². The Morgan fingerprint density at radius 3 is 2.18 bits per heavy atom. The lowest BCUT2D eigenvalue weighted by Gasteiger charge is -2.38. The van der Waals surface area contributed by atoms with Crippen LogP contribution in [0.1, 0.15) is 165 Å². The molecule has 16 nitrogen and oxygen atoms in total.